The SMILES string of the molecule is O=C(NC[C@H](O)C(=O)O)c1ccc(Cl)c([N+](=O)[O-])c1. The van der Waals surface area contributed by atoms with Crippen LogP contribution in [0.1, 0.15) is 10.4 Å². The molecule has 19 heavy (non-hydrogen) atoms. The third kappa shape index (κ3) is 3.90. The number of nitro groups is 1. The van der Waals surface area contributed by atoms with Gasteiger partial charge in [-0.3, -0.25) is 14.9 Å². The molecule has 8 nitrogen and oxygen atoms in total. The lowest BCUT2D eigenvalue weighted by atomic mass is 10.2. The number of carbonyl (C=O) groups is 2. The molecule has 1 aromatic carbocycles. The van der Waals surface area contributed by atoms with Crippen LogP contribution in [0.25, 0.3) is 0 Å². The second-order valence-electron chi connectivity index (χ2n) is 3.49. The van der Waals surface area contributed by atoms with Crippen molar-refractivity contribution in [2.45, 2.75) is 6.10 Å². The fraction of sp³-hybridized carbons (Fsp3) is 0.200. The number of amides is 1. The Bertz CT molecular complexity index is 533. The van der Waals surface area contributed by atoms with E-state index in [1.165, 1.54) is 12.1 Å². The second kappa shape index (κ2) is 6.12. The lowest BCUT2D eigenvalue weighted by molar-refractivity contribution is -0.384. The topological polar surface area (TPSA) is 130 Å². The number of rotatable bonds is 5. The van der Waals surface area contributed by atoms with Gasteiger partial charge < -0.3 is 15.5 Å². The zero-order valence-corrected chi connectivity index (χ0v) is 10.1. The molecule has 1 atom stereocenters. The van der Waals surface area contributed by atoms with Crippen LogP contribution < -0.4 is 5.32 Å². The van der Waals surface area contributed by atoms with Gasteiger partial charge in [0.05, 0.1) is 11.5 Å². The van der Waals surface area contributed by atoms with E-state index in [0.29, 0.717) is 0 Å². The number of aliphatic carboxylic acids is 1. The van der Waals surface area contributed by atoms with Gasteiger partial charge in [0.1, 0.15) is 5.02 Å². The smallest absolute Gasteiger partial charge is 0.334 e. The molecule has 1 amide bonds. The van der Waals surface area contributed by atoms with Crippen molar-refractivity contribution in [1.29, 1.82) is 0 Å². The van der Waals surface area contributed by atoms with Gasteiger partial charge in [-0.1, -0.05) is 11.6 Å². The maximum Gasteiger partial charge on any atom is 0.334 e. The molecule has 1 aromatic rings. The van der Waals surface area contributed by atoms with Crippen LogP contribution in [0.2, 0.25) is 5.02 Å². The number of carboxylic acid groups (broad SMARTS) is 1. The van der Waals surface area contributed by atoms with Crippen LogP contribution in [0.15, 0.2) is 18.2 Å². The van der Waals surface area contributed by atoms with Gasteiger partial charge in [-0.25, -0.2) is 4.79 Å². The van der Waals surface area contributed by atoms with E-state index >= 15 is 0 Å². The van der Waals surface area contributed by atoms with E-state index in [0.717, 1.165) is 6.07 Å². The molecule has 0 aromatic heterocycles. The Morgan fingerprint density at radius 3 is 2.63 bits per heavy atom. The monoisotopic (exact) mass is 288 g/mol. The minimum atomic E-state index is -1.74. The summed E-state index contributed by atoms with van der Waals surface area (Å²) in [5.74, 6) is -2.23. The molecule has 0 fully saturated rings. The van der Waals surface area contributed by atoms with Crippen molar-refractivity contribution >= 4 is 29.2 Å². The predicted molar refractivity (Wildman–Crippen MR) is 64.1 cm³/mol. The van der Waals surface area contributed by atoms with Gasteiger partial charge in [-0.15, -0.1) is 0 Å². The number of benzene rings is 1. The number of hydrogen-bond donors (Lipinski definition) is 3. The summed E-state index contributed by atoms with van der Waals surface area (Å²) in [6.07, 6.45) is -1.74. The minimum Gasteiger partial charge on any atom is -0.479 e. The number of carbonyl (C=O) groups excluding carboxylic acids is 1. The van der Waals surface area contributed by atoms with Gasteiger partial charge in [0.25, 0.3) is 11.6 Å². The molecule has 3 N–H and O–H groups in total. The first kappa shape index (κ1) is 14.9. The van der Waals surface area contributed by atoms with Crippen molar-refractivity contribution < 1.29 is 24.7 Å². The van der Waals surface area contributed by atoms with Crippen LogP contribution in [-0.4, -0.2) is 39.7 Å². The van der Waals surface area contributed by atoms with E-state index in [9.17, 15) is 19.7 Å². The highest BCUT2D eigenvalue weighted by Gasteiger charge is 2.18. The number of aliphatic hydroxyl groups is 1. The van der Waals surface area contributed by atoms with Crippen LogP contribution in [0.3, 0.4) is 0 Å². The quantitative estimate of drug-likeness (QED) is 0.532. The number of hydrogen-bond acceptors (Lipinski definition) is 5. The number of aliphatic hydroxyl groups excluding tert-OH is 1. The van der Waals surface area contributed by atoms with E-state index in [1.807, 2.05) is 0 Å². The highest BCUT2D eigenvalue weighted by Crippen LogP contribution is 2.24. The Morgan fingerprint density at radius 2 is 2.11 bits per heavy atom. The first-order valence-corrected chi connectivity index (χ1v) is 5.33. The summed E-state index contributed by atoms with van der Waals surface area (Å²) < 4.78 is 0. The van der Waals surface area contributed by atoms with Crippen LogP contribution in [0, 0.1) is 10.1 Å². The Morgan fingerprint density at radius 1 is 1.47 bits per heavy atom. The molecule has 0 bridgehead atoms. The van der Waals surface area contributed by atoms with Gasteiger partial charge in [-0.05, 0) is 12.1 Å². The molecule has 0 saturated carbocycles. The van der Waals surface area contributed by atoms with Crippen molar-refractivity contribution in [3.63, 3.8) is 0 Å². The summed E-state index contributed by atoms with van der Waals surface area (Å²) in [5.41, 5.74) is -0.498. The van der Waals surface area contributed by atoms with Crippen molar-refractivity contribution in [3.8, 4) is 0 Å². The Labute approximate surface area is 111 Å². The van der Waals surface area contributed by atoms with Crippen LogP contribution >= 0.6 is 11.6 Å². The normalized spacial score (nSPS) is 11.7. The van der Waals surface area contributed by atoms with Crippen LogP contribution in [-0.2, 0) is 4.79 Å². The van der Waals surface area contributed by atoms with Crippen molar-refractivity contribution in [3.05, 3.63) is 38.9 Å². The van der Waals surface area contributed by atoms with Gasteiger partial charge in [0.15, 0.2) is 6.10 Å². The maximum atomic E-state index is 11.6. The van der Waals surface area contributed by atoms with Gasteiger partial charge in [0.2, 0.25) is 0 Å². The fourth-order valence-electron chi connectivity index (χ4n) is 1.17. The number of carboxylic acids is 1. The molecule has 0 aliphatic carbocycles. The molecule has 0 heterocycles. The number of nitrogens with zero attached hydrogens (tertiary/aromatic N) is 1. The molecule has 0 radical (unpaired) electrons. The lowest BCUT2D eigenvalue weighted by Gasteiger charge is -2.07. The van der Waals surface area contributed by atoms with Crippen molar-refractivity contribution in [2.24, 2.45) is 0 Å². The zero-order valence-electron chi connectivity index (χ0n) is 9.37. The standard InChI is InChI=1S/C10H9ClN2O6/c11-6-2-1-5(3-7(6)13(18)19)9(15)12-4-8(14)10(16)17/h1-3,8,14H,4H2,(H,12,15)(H,16,17)/t8-/m0/s1. The van der Waals surface area contributed by atoms with Crippen LogP contribution in [0.4, 0.5) is 5.69 Å². The largest absolute Gasteiger partial charge is 0.479 e. The molecule has 1 rings (SSSR count). The highest BCUT2D eigenvalue weighted by atomic mass is 35.5. The van der Waals surface area contributed by atoms with Crippen molar-refractivity contribution in [1.82, 2.24) is 5.32 Å². The third-order valence-electron chi connectivity index (χ3n) is 2.15. The molecule has 0 unspecified atom stereocenters. The first-order chi connectivity index (χ1) is 8.82. The minimum absolute atomic E-state index is 0.0614. The molecule has 102 valence electrons. The van der Waals surface area contributed by atoms with Crippen molar-refractivity contribution in [2.75, 3.05) is 6.54 Å². The van der Waals surface area contributed by atoms with Crippen LogP contribution in [0.5, 0.6) is 0 Å². The van der Waals surface area contributed by atoms with E-state index in [1.54, 1.807) is 0 Å². The third-order valence-corrected chi connectivity index (χ3v) is 2.47. The van der Waals surface area contributed by atoms with Gasteiger partial charge in [0, 0.05) is 11.6 Å². The summed E-state index contributed by atoms with van der Waals surface area (Å²) in [6.45, 7) is -0.509. The summed E-state index contributed by atoms with van der Waals surface area (Å²) in [6, 6.07) is 3.39. The zero-order chi connectivity index (χ0) is 14.6. The molecule has 9 heteroatoms. The summed E-state index contributed by atoms with van der Waals surface area (Å²) in [7, 11) is 0. The first-order valence-electron chi connectivity index (χ1n) is 4.96. The molecule has 0 saturated heterocycles. The Kier molecular flexibility index (Phi) is 4.79. The fourth-order valence-corrected chi connectivity index (χ4v) is 1.36. The lowest BCUT2D eigenvalue weighted by Crippen LogP contribution is -2.36. The maximum absolute atomic E-state index is 11.6. The summed E-state index contributed by atoms with van der Waals surface area (Å²) in [5, 5.41) is 30.0. The predicted octanol–water partition coefficient (Wildman–Crippen LogP) is 0.424. The number of nitrogens with one attached hydrogen (secondary N) is 1. The second-order valence-corrected chi connectivity index (χ2v) is 3.89. The molecule has 0 spiro atoms. The van der Waals surface area contributed by atoms with Gasteiger partial charge >= 0.3 is 5.97 Å². The van der Waals surface area contributed by atoms with E-state index < -0.39 is 35.1 Å². The average molecular weight is 289 g/mol. The number of halogens is 1. The average Bonchev–Trinajstić information content (AvgIpc) is 2.35. The Hall–Kier alpha value is -2.19. The molecule has 0 aliphatic heterocycles. The van der Waals surface area contributed by atoms with E-state index in [4.69, 9.17) is 21.8 Å². The van der Waals surface area contributed by atoms with E-state index in [2.05, 4.69) is 5.32 Å². The Balaban J connectivity index is 2.80. The molecule has 0 aliphatic rings. The van der Waals surface area contributed by atoms with E-state index in [-0.39, 0.29) is 10.6 Å². The molecular weight excluding hydrogens is 280 g/mol. The van der Waals surface area contributed by atoms with Gasteiger partial charge in [-0.2, -0.15) is 0 Å². The summed E-state index contributed by atoms with van der Waals surface area (Å²) in [4.78, 5) is 31.8. The highest BCUT2D eigenvalue weighted by molar-refractivity contribution is 6.32. The molecular formula is C10H9ClN2O6. The summed E-state index contributed by atoms with van der Waals surface area (Å²) >= 11 is 5.57. The number of nitro benzene ring substituents is 1.